The van der Waals surface area contributed by atoms with Crippen molar-refractivity contribution in [1.29, 1.82) is 0 Å². The van der Waals surface area contributed by atoms with E-state index >= 15 is 0 Å². The zero-order valence-corrected chi connectivity index (χ0v) is 17.6. The number of nitrogens with one attached hydrogen (secondary N) is 2. The van der Waals surface area contributed by atoms with Gasteiger partial charge in [0.1, 0.15) is 18.9 Å². The molecule has 0 saturated heterocycles. The van der Waals surface area contributed by atoms with Gasteiger partial charge in [-0.25, -0.2) is 9.78 Å². The molecule has 8 nitrogen and oxygen atoms in total. The van der Waals surface area contributed by atoms with Crippen LogP contribution in [0.5, 0.6) is 11.5 Å². The highest BCUT2D eigenvalue weighted by atomic mass is 32.1. The van der Waals surface area contributed by atoms with E-state index in [4.69, 9.17) is 14.2 Å². The minimum absolute atomic E-state index is 0.270. The smallest absolute Gasteiger partial charge is 0.340 e. The van der Waals surface area contributed by atoms with Gasteiger partial charge < -0.3 is 19.2 Å². The first-order valence-electron chi connectivity index (χ1n) is 9.51. The summed E-state index contributed by atoms with van der Waals surface area (Å²) in [7, 11) is 0. The summed E-state index contributed by atoms with van der Waals surface area (Å²) in [5, 5.41) is 5.10. The highest BCUT2D eigenvalue weighted by Crippen LogP contribution is 2.35. The third kappa shape index (κ3) is 3.76. The number of benzene rings is 1. The van der Waals surface area contributed by atoms with Gasteiger partial charge in [0.25, 0.3) is 5.91 Å². The lowest BCUT2D eigenvalue weighted by Gasteiger charge is -2.18. The van der Waals surface area contributed by atoms with Gasteiger partial charge in [0.05, 0.1) is 17.9 Å². The molecule has 1 aromatic carbocycles. The molecule has 3 heterocycles. The molecular weight excluding hydrogens is 406 g/mol. The van der Waals surface area contributed by atoms with E-state index in [-0.39, 0.29) is 12.5 Å². The second kappa shape index (κ2) is 8.19. The van der Waals surface area contributed by atoms with Gasteiger partial charge in [-0.05, 0) is 44.5 Å². The van der Waals surface area contributed by atoms with Gasteiger partial charge in [-0.15, -0.1) is 11.3 Å². The molecule has 0 aliphatic carbocycles. The van der Waals surface area contributed by atoms with Crippen LogP contribution in [0.4, 0.5) is 5.13 Å². The number of esters is 1. The molecule has 0 spiro atoms. The Morgan fingerprint density at radius 3 is 2.77 bits per heavy atom. The van der Waals surface area contributed by atoms with E-state index in [1.807, 2.05) is 23.6 Å². The number of carbonyl (C=O) groups is 2. The van der Waals surface area contributed by atoms with Crippen LogP contribution >= 0.6 is 11.3 Å². The van der Waals surface area contributed by atoms with Gasteiger partial charge in [0, 0.05) is 16.6 Å². The maximum absolute atomic E-state index is 12.8. The Balaban J connectivity index is 1.52. The van der Waals surface area contributed by atoms with Crippen LogP contribution in [0.15, 0.2) is 23.6 Å². The van der Waals surface area contributed by atoms with E-state index < -0.39 is 5.97 Å². The van der Waals surface area contributed by atoms with E-state index in [1.165, 1.54) is 11.3 Å². The molecule has 1 amide bonds. The highest BCUT2D eigenvalue weighted by molar-refractivity contribution is 7.14. The van der Waals surface area contributed by atoms with Gasteiger partial charge in [0.2, 0.25) is 0 Å². The average molecular weight is 427 g/mol. The first-order chi connectivity index (χ1) is 14.5. The van der Waals surface area contributed by atoms with Gasteiger partial charge in [-0.3, -0.25) is 10.1 Å². The van der Waals surface area contributed by atoms with E-state index in [9.17, 15) is 9.59 Å². The first-order valence-corrected chi connectivity index (χ1v) is 10.4. The van der Waals surface area contributed by atoms with Crippen molar-refractivity contribution in [2.45, 2.75) is 20.8 Å². The standard InChI is InChI=1S/C21H21N3O5S/c1-4-27-20(26)17-11(2)18(22-12(17)3)19(25)24-21-23-14(10-30-21)13-5-6-15-16(9-13)29-8-7-28-15/h5-6,9-10,22H,4,7-8H2,1-3H3,(H,23,24,25). The maximum Gasteiger partial charge on any atom is 0.340 e. The average Bonchev–Trinajstić information content (AvgIpc) is 3.31. The highest BCUT2D eigenvalue weighted by Gasteiger charge is 2.23. The lowest BCUT2D eigenvalue weighted by Crippen LogP contribution is -2.15. The van der Waals surface area contributed by atoms with E-state index in [0.717, 1.165) is 11.3 Å². The van der Waals surface area contributed by atoms with Crippen molar-refractivity contribution in [3.8, 4) is 22.8 Å². The Labute approximate surface area is 177 Å². The van der Waals surface area contributed by atoms with E-state index in [2.05, 4.69) is 15.3 Å². The summed E-state index contributed by atoms with van der Waals surface area (Å²) in [5.74, 6) is 0.581. The molecule has 156 valence electrons. The molecule has 1 aliphatic heterocycles. The van der Waals surface area contributed by atoms with Crippen molar-refractivity contribution in [2.75, 3.05) is 25.1 Å². The maximum atomic E-state index is 12.8. The van der Waals surface area contributed by atoms with Gasteiger partial charge in [0.15, 0.2) is 16.6 Å². The molecule has 30 heavy (non-hydrogen) atoms. The van der Waals surface area contributed by atoms with Crippen LogP contribution in [0.1, 0.15) is 39.0 Å². The number of amides is 1. The number of aromatic nitrogens is 2. The SMILES string of the molecule is CCOC(=O)c1c(C)[nH]c(C(=O)Nc2nc(-c3ccc4c(c3)OCCO4)cs2)c1C. The number of hydrogen-bond acceptors (Lipinski definition) is 7. The Kier molecular flexibility index (Phi) is 5.45. The topological polar surface area (TPSA) is 103 Å². The summed E-state index contributed by atoms with van der Waals surface area (Å²) in [5.41, 5.74) is 3.43. The molecule has 0 fully saturated rings. The number of thiazole rings is 1. The fourth-order valence-corrected chi connectivity index (χ4v) is 4.03. The second-order valence-corrected chi connectivity index (χ2v) is 7.55. The summed E-state index contributed by atoms with van der Waals surface area (Å²) in [6.07, 6.45) is 0. The Morgan fingerprint density at radius 1 is 1.23 bits per heavy atom. The molecule has 4 rings (SSSR count). The number of aryl methyl sites for hydroxylation is 1. The molecule has 9 heteroatoms. The van der Waals surface area contributed by atoms with Crippen molar-refractivity contribution < 1.29 is 23.8 Å². The predicted octanol–water partition coefficient (Wildman–Crippen LogP) is 3.96. The summed E-state index contributed by atoms with van der Waals surface area (Å²) < 4.78 is 16.2. The van der Waals surface area contributed by atoms with Crippen LogP contribution in [0.25, 0.3) is 11.3 Å². The Morgan fingerprint density at radius 2 is 2.00 bits per heavy atom. The fraction of sp³-hybridized carbons (Fsp3) is 0.286. The molecular formula is C21H21N3O5S. The van der Waals surface area contributed by atoms with Crippen molar-refractivity contribution in [2.24, 2.45) is 0 Å². The first kappa shape index (κ1) is 20.0. The van der Waals surface area contributed by atoms with Crippen LogP contribution in [0.2, 0.25) is 0 Å². The monoisotopic (exact) mass is 427 g/mol. The van der Waals surface area contributed by atoms with Crippen molar-refractivity contribution >= 4 is 28.3 Å². The quantitative estimate of drug-likeness (QED) is 0.598. The molecule has 1 aliphatic rings. The van der Waals surface area contributed by atoms with Crippen molar-refractivity contribution in [1.82, 2.24) is 9.97 Å². The van der Waals surface area contributed by atoms with Crippen LogP contribution in [0, 0.1) is 13.8 Å². The Hall–Kier alpha value is -3.33. The normalized spacial score (nSPS) is 12.5. The summed E-state index contributed by atoms with van der Waals surface area (Å²) >= 11 is 1.32. The minimum Gasteiger partial charge on any atom is -0.486 e. The molecule has 0 atom stereocenters. The van der Waals surface area contributed by atoms with Gasteiger partial charge >= 0.3 is 5.97 Å². The number of ether oxygens (including phenoxy) is 3. The molecule has 2 N–H and O–H groups in total. The summed E-state index contributed by atoms with van der Waals surface area (Å²) in [6.45, 7) is 6.51. The Bertz CT molecular complexity index is 1120. The molecule has 2 aromatic heterocycles. The van der Waals surface area contributed by atoms with Crippen LogP contribution < -0.4 is 14.8 Å². The van der Waals surface area contributed by atoms with Crippen molar-refractivity contribution in [3.05, 3.63) is 46.1 Å². The van der Waals surface area contributed by atoms with Gasteiger partial charge in [-0.2, -0.15) is 0 Å². The second-order valence-electron chi connectivity index (χ2n) is 6.70. The number of H-pyrrole nitrogens is 1. The van der Waals surface area contributed by atoms with Crippen molar-refractivity contribution in [3.63, 3.8) is 0 Å². The fourth-order valence-electron chi connectivity index (χ4n) is 3.31. The summed E-state index contributed by atoms with van der Waals surface area (Å²) in [4.78, 5) is 32.4. The number of carbonyl (C=O) groups excluding carboxylic acids is 2. The third-order valence-corrected chi connectivity index (χ3v) is 5.46. The number of anilines is 1. The van der Waals surface area contributed by atoms with E-state index in [1.54, 1.807) is 20.8 Å². The molecule has 0 radical (unpaired) electrons. The zero-order valence-electron chi connectivity index (χ0n) is 16.8. The van der Waals surface area contributed by atoms with Crippen LogP contribution in [-0.4, -0.2) is 41.7 Å². The van der Waals surface area contributed by atoms with Crippen LogP contribution in [0.3, 0.4) is 0 Å². The zero-order chi connectivity index (χ0) is 21.3. The van der Waals surface area contributed by atoms with Crippen LogP contribution in [-0.2, 0) is 4.74 Å². The third-order valence-electron chi connectivity index (χ3n) is 4.71. The predicted molar refractivity (Wildman–Crippen MR) is 113 cm³/mol. The molecule has 0 bridgehead atoms. The number of nitrogens with zero attached hydrogens (tertiary/aromatic N) is 1. The molecule has 3 aromatic rings. The summed E-state index contributed by atoms with van der Waals surface area (Å²) in [6, 6.07) is 5.63. The van der Waals surface area contributed by atoms with E-state index in [0.29, 0.717) is 52.4 Å². The number of fused-ring (bicyclic) bond motifs is 1. The lowest BCUT2D eigenvalue weighted by atomic mass is 10.1. The lowest BCUT2D eigenvalue weighted by molar-refractivity contribution is 0.0525. The molecule has 0 unspecified atom stereocenters. The number of rotatable bonds is 5. The molecule has 0 saturated carbocycles. The largest absolute Gasteiger partial charge is 0.486 e. The number of hydrogen-bond donors (Lipinski definition) is 2. The van der Waals surface area contributed by atoms with Gasteiger partial charge in [-0.1, -0.05) is 0 Å². The minimum atomic E-state index is -0.446. The number of aromatic amines is 1.